The van der Waals surface area contributed by atoms with E-state index in [-0.39, 0.29) is 5.91 Å². The zero-order valence-electron chi connectivity index (χ0n) is 10.7. The van der Waals surface area contributed by atoms with Crippen molar-refractivity contribution in [3.63, 3.8) is 0 Å². The van der Waals surface area contributed by atoms with Crippen LogP contribution in [0.25, 0.3) is 0 Å². The van der Waals surface area contributed by atoms with Gasteiger partial charge in [-0.05, 0) is 42.8 Å². The third-order valence-electron chi connectivity index (χ3n) is 2.72. The fourth-order valence-electron chi connectivity index (χ4n) is 1.63. The van der Waals surface area contributed by atoms with Gasteiger partial charge in [0.1, 0.15) is 5.69 Å². The van der Waals surface area contributed by atoms with E-state index >= 15 is 0 Å². The molecule has 1 heterocycles. The third-order valence-corrected chi connectivity index (χ3v) is 3.21. The Kier molecular flexibility index (Phi) is 4.16. The van der Waals surface area contributed by atoms with Crippen molar-refractivity contribution in [2.75, 3.05) is 17.7 Å². The molecule has 0 bridgehead atoms. The van der Waals surface area contributed by atoms with Gasteiger partial charge in [-0.25, -0.2) is 4.98 Å². The fourth-order valence-corrected chi connectivity index (χ4v) is 2.11. The predicted octanol–water partition coefficient (Wildman–Crippen LogP) is 3.45. The highest BCUT2D eigenvalue weighted by Gasteiger charge is 2.09. The van der Waals surface area contributed by atoms with Crippen molar-refractivity contribution in [2.45, 2.75) is 6.92 Å². The number of carbonyl (C=O) groups is 1. The summed E-state index contributed by atoms with van der Waals surface area (Å²) in [6.45, 7) is 1.94. The van der Waals surface area contributed by atoms with E-state index in [1.807, 2.05) is 38.2 Å². The molecular weight excluding hydrogens is 306 g/mol. The van der Waals surface area contributed by atoms with E-state index in [0.29, 0.717) is 5.69 Å². The first-order valence-corrected chi connectivity index (χ1v) is 6.61. The van der Waals surface area contributed by atoms with Crippen LogP contribution in [0.3, 0.4) is 0 Å². The van der Waals surface area contributed by atoms with Gasteiger partial charge >= 0.3 is 0 Å². The molecule has 4 nitrogen and oxygen atoms in total. The van der Waals surface area contributed by atoms with Crippen molar-refractivity contribution in [1.29, 1.82) is 0 Å². The maximum Gasteiger partial charge on any atom is 0.274 e. The van der Waals surface area contributed by atoms with Crippen molar-refractivity contribution in [3.8, 4) is 0 Å². The van der Waals surface area contributed by atoms with E-state index < -0.39 is 0 Å². The number of amides is 1. The van der Waals surface area contributed by atoms with E-state index in [9.17, 15) is 4.79 Å². The van der Waals surface area contributed by atoms with Gasteiger partial charge in [0.05, 0.1) is 11.9 Å². The van der Waals surface area contributed by atoms with Gasteiger partial charge in [0.2, 0.25) is 0 Å². The summed E-state index contributed by atoms with van der Waals surface area (Å²) >= 11 is 3.39. The smallest absolute Gasteiger partial charge is 0.274 e. The minimum Gasteiger partial charge on any atom is -0.387 e. The Labute approximate surface area is 120 Å². The van der Waals surface area contributed by atoms with Crippen LogP contribution in [0.1, 0.15) is 16.1 Å². The third kappa shape index (κ3) is 3.32. The summed E-state index contributed by atoms with van der Waals surface area (Å²) in [5.74, 6) is -0.215. The summed E-state index contributed by atoms with van der Waals surface area (Å²) < 4.78 is 0.986. The van der Waals surface area contributed by atoms with Crippen LogP contribution in [0.2, 0.25) is 0 Å². The lowest BCUT2D eigenvalue weighted by Crippen LogP contribution is -2.14. The van der Waals surface area contributed by atoms with E-state index in [2.05, 4.69) is 31.5 Å². The number of nitrogens with one attached hydrogen (secondary N) is 2. The topological polar surface area (TPSA) is 54.0 Å². The van der Waals surface area contributed by atoms with Gasteiger partial charge in [-0.2, -0.15) is 0 Å². The van der Waals surface area contributed by atoms with Gasteiger partial charge in [0.15, 0.2) is 0 Å². The summed E-state index contributed by atoms with van der Waals surface area (Å²) in [6, 6.07) is 9.21. The lowest BCUT2D eigenvalue weighted by Gasteiger charge is -2.08. The molecule has 19 heavy (non-hydrogen) atoms. The highest BCUT2D eigenvalue weighted by molar-refractivity contribution is 9.10. The van der Waals surface area contributed by atoms with E-state index in [4.69, 9.17) is 0 Å². The molecule has 2 aromatic rings. The second kappa shape index (κ2) is 5.84. The molecule has 1 aromatic heterocycles. The Hall–Kier alpha value is -1.88. The largest absolute Gasteiger partial charge is 0.387 e. The van der Waals surface area contributed by atoms with Gasteiger partial charge in [0.25, 0.3) is 5.91 Å². The lowest BCUT2D eigenvalue weighted by molar-refractivity contribution is 0.102. The molecule has 0 aliphatic heterocycles. The molecule has 5 heteroatoms. The van der Waals surface area contributed by atoms with E-state index in [1.165, 1.54) is 0 Å². The molecule has 2 N–H and O–H groups in total. The average Bonchev–Trinajstić information content (AvgIpc) is 2.42. The first kappa shape index (κ1) is 13.5. The number of rotatable bonds is 3. The molecule has 0 saturated heterocycles. The van der Waals surface area contributed by atoms with Crippen LogP contribution in [-0.2, 0) is 0 Å². The molecule has 0 fully saturated rings. The molecule has 1 amide bonds. The maximum atomic E-state index is 12.0. The Balaban J connectivity index is 2.15. The molecule has 0 unspecified atom stereocenters. The average molecular weight is 320 g/mol. The number of aromatic nitrogens is 1. The van der Waals surface area contributed by atoms with Crippen LogP contribution in [0.4, 0.5) is 11.4 Å². The SMILES string of the molecule is CNc1ccc(C(=O)Nc2ccc(Br)cc2C)nc1. The van der Waals surface area contributed by atoms with Crippen molar-refractivity contribution >= 4 is 33.2 Å². The minimum atomic E-state index is -0.215. The van der Waals surface area contributed by atoms with Crippen molar-refractivity contribution in [3.05, 3.63) is 52.3 Å². The number of aryl methyl sites for hydroxylation is 1. The highest BCUT2D eigenvalue weighted by atomic mass is 79.9. The van der Waals surface area contributed by atoms with Crippen molar-refractivity contribution in [2.24, 2.45) is 0 Å². The number of anilines is 2. The summed E-state index contributed by atoms with van der Waals surface area (Å²) in [6.07, 6.45) is 1.63. The molecule has 0 aliphatic rings. The Bertz CT molecular complexity index is 596. The molecule has 2 rings (SSSR count). The Morgan fingerprint density at radius 2 is 2.05 bits per heavy atom. The highest BCUT2D eigenvalue weighted by Crippen LogP contribution is 2.20. The molecular formula is C14H14BrN3O. The normalized spacial score (nSPS) is 10.1. The Morgan fingerprint density at radius 3 is 2.63 bits per heavy atom. The predicted molar refractivity (Wildman–Crippen MR) is 80.6 cm³/mol. The first-order valence-electron chi connectivity index (χ1n) is 5.81. The summed E-state index contributed by atoms with van der Waals surface area (Å²) in [4.78, 5) is 16.2. The second-order valence-corrected chi connectivity index (χ2v) is 5.01. The van der Waals surface area contributed by atoms with Gasteiger partial charge in [-0.15, -0.1) is 0 Å². The summed E-state index contributed by atoms with van der Waals surface area (Å²) in [7, 11) is 1.81. The monoisotopic (exact) mass is 319 g/mol. The summed E-state index contributed by atoms with van der Waals surface area (Å²) in [5.41, 5.74) is 3.04. The minimum absolute atomic E-state index is 0.215. The molecule has 0 saturated carbocycles. The summed E-state index contributed by atoms with van der Waals surface area (Å²) in [5, 5.41) is 5.81. The van der Waals surface area contributed by atoms with E-state index in [0.717, 1.165) is 21.4 Å². The number of nitrogens with zero attached hydrogens (tertiary/aromatic N) is 1. The number of hydrogen-bond acceptors (Lipinski definition) is 3. The van der Waals surface area contributed by atoms with Crippen LogP contribution in [0, 0.1) is 6.92 Å². The van der Waals surface area contributed by atoms with Crippen LogP contribution in [0.15, 0.2) is 41.0 Å². The Morgan fingerprint density at radius 1 is 1.26 bits per heavy atom. The van der Waals surface area contributed by atoms with Gasteiger partial charge in [-0.3, -0.25) is 4.79 Å². The molecule has 0 atom stereocenters. The number of hydrogen-bond donors (Lipinski definition) is 2. The second-order valence-electron chi connectivity index (χ2n) is 4.10. The molecule has 0 spiro atoms. The van der Waals surface area contributed by atoms with Crippen LogP contribution >= 0.6 is 15.9 Å². The number of halogens is 1. The zero-order chi connectivity index (χ0) is 13.8. The molecule has 98 valence electrons. The van der Waals surface area contributed by atoms with Crippen molar-refractivity contribution < 1.29 is 4.79 Å². The number of pyridine rings is 1. The standard InChI is InChI=1S/C14H14BrN3O/c1-9-7-10(15)3-5-12(9)18-14(19)13-6-4-11(16-2)8-17-13/h3-8,16H,1-2H3,(H,18,19). The van der Waals surface area contributed by atoms with Gasteiger partial charge in [-0.1, -0.05) is 15.9 Å². The molecule has 1 aromatic carbocycles. The van der Waals surface area contributed by atoms with E-state index in [1.54, 1.807) is 12.3 Å². The number of benzene rings is 1. The maximum absolute atomic E-state index is 12.0. The zero-order valence-corrected chi connectivity index (χ0v) is 12.3. The lowest BCUT2D eigenvalue weighted by atomic mass is 10.2. The van der Waals surface area contributed by atoms with Crippen LogP contribution in [0.5, 0.6) is 0 Å². The molecule has 0 radical (unpaired) electrons. The van der Waals surface area contributed by atoms with Gasteiger partial charge < -0.3 is 10.6 Å². The molecule has 0 aliphatic carbocycles. The van der Waals surface area contributed by atoms with Crippen LogP contribution < -0.4 is 10.6 Å². The first-order chi connectivity index (χ1) is 9.10. The van der Waals surface area contributed by atoms with Crippen molar-refractivity contribution in [1.82, 2.24) is 4.98 Å². The number of carbonyl (C=O) groups excluding carboxylic acids is 1. The quantitative estimate of drug-likeness (QED) is 0.911. The fraction of sp³-hybridized carbons (Fsp3) is 0.143. The van der Waals surface area contributed by atoms with Gasteiger partial charge in [0, 0.05) is 17.2 Å². The van der Waals surface area contributed by atoms with Crippen LogP contribution in [-0.4, -0.2) is 17.9 Å².